The Morgan fingerprint density at radius 1 is 0.800 bits per heavy atom. The van der Waals surface area contributed by atoms with Gasteiger partial charge in [-0.15, -0.1) is 0 Å². The quantitative estimate of drug-likeness (QED) is 0.238. The van der Waals surface area contributed by atoms with Crippen LogP contribution in [0.2, 0.25) is 0 Å². The largest absolute Gasteiger partial charge is 0.507 e. The predicted octanol–water partition coefficient (Wildman–Crippen LogP) is 1.47. The summed E-state index contributed by atoms with van der Waals surface area (Å²) in [6.07, 6.45) is 0. The Morgan fingerprint density at radius 2 is 1.50 bits per heavy atom. The minimum absolute atomic E-state index is 0.113. The van der Waals surface area contributed by atoms with E-state index in [4.69, 9.17) is 4.42 Å². The summed E-state index contributed by atoms with van der Waals surface area (Å²) < 4.78 is 5.21. The van der Waals surface area contributed by atoms with Gasteiger partial charge in [0, 0.05) is 6.07 Å². The number of phenolic OH excluding ortho intramolecular Hbond substituents is 5. The molecule has 0 radical (unpaired) electrons. The van der Waals surface area contributed by atoms with Crippen molar-refractivity contribution in [3.63, 3.8) is 0 Å². The number of fused-ring (bicyclic) bond motifs is 2. The summed E-state index contributed by atoms with van der Waals surface area (Å²) in [6, 6.07) is 3.10. The van der Waals surface area contributed by atoms with Crippen LogP contribution in [0.25, 0.3) is 21.9 Å². The van der Waals surface area contributed by atoms with Crippen molar-refractivity contribution < 1.29 is 29.9 Å². The van der Waals surface area contributed by atoms with Gasteiger partial charge in [-0.2, -0.15) is 0 Å². The molecular weight excluding hydrogens is 268 g/mol. The van der Waals surface area contributed by atoms with Crippen LogP contribution in [0.5, 0.6) is 28.7 Å². The Labute approximate surface area is 110 Å². The molecule has 20 heavy (non-hydrogen) atoms. The lowest BCUT2D eigenvalue weighted by Crippen LogP contribution is -2.03. The Morgan fingerprint density at radius 3 is 2.20 bits per heavy atom. The smallest absolute Gasteiger partial charge is 0.208 e. The first-order valence-corrected chi connectivity index (χ1v) is 5.47. The van der Waals surface area contributed by atoms with E-state index in [1.54, 1.807) is 0 Å². The van der Waals surface area contributed by atoms with Crippen molar-refractivity contribution in [3.8, 4) is 28.7 Å². The molecule has 5 N–H and O–H groups in total. The monoisotopic (exact) mass is 276 g/mol. The molecule has 102 valence electrons. The Bertz CT molecular complexity index is 924. The molecule has 3 aromatic rings. The van der Waals surface area contributed by atoms with Gasteiger partial charge in [-0.05, 0) is 12.1 Å². The van der Waals surface area contributed by atoms with E-state index in [1.165, 1.54) is 6.07 Å². The predicted molar refractivity (Wildman–Crippen MR) is 68.3 cm³/mol. The Balaban J connectivity index is 2.69. The van der Waals surface area contributed by atoms with Crippen LogP contribution in [0.3, 0.4) is 0 Å². The van der Waals surface area contributed by atoms with E-state index >= 15 is 0 Å². The third-order valence-electron chi connectivity index (χ3n) is 3.00. The van der Waals surface area contributed by atoms with Gasteiger partial charge in [-0.3, -0.25) is 4.79 Å². The molecule has 1 aromatic heterocycles. The van der Waals surface area contributed by atoms with Crippen LogP contribution in [-0.2, 0) is 0 Å². The third kappa shape index (κ3) is 1.37. The highest BCUT2D eigenvalue weighted by molar-refractivity contribution is 5.99. The van der Waals surface area contributed by atoms with Gasteiger partial charge in [0.2, 0.25) is 11.2 Å². The first-order chi connectivity index (χ1) is 9.41. The summed E-state index contributed by atoms with van der Waals surface area (Å²) in [4.78, 5) is 12.3. The van der Waals surface area contributed by atoms with Gasteiger partial charge >= 0.3 is 0 Å². The number of aromatic hydroxyl groups is 5. The van der Waals surface area contributed by atoms with Gasteiger partial charge in [0.15, 0.2) is 22.8 Å². The van der Waals surface area contributed by atoms with Crippen molar-refractivity contribution in [1.29, 1.82) is 0 Å². The van der Waals surface area contributed by atoms with E-state index in [-0.39, 0.29) is 11.0 Å². The highest BCUT2D eigenvalue weighted by Gasteiger charge is 2.20. The minimum Gasteiger partial charge on any atom is -0.507 e. The lowest BCUT2D eigenvalue weighted by Gasteiger charge is -2.07. The average molecular weight is 276 g/mol. The topological polar surface area (TPSA) is 131 Å². The van der Waals surface area contributed by atoms with Crippen LogP contribution < -0.4 is 5.43 Å². The lowest BCUT2D eigenvalue weighted by atomic mass is 10.1. The van der Waals surface area contributed by atoms with Crippen LogP contribution in [0.1, 0.15) is 0 Å². The number of hydrogen-bond acceptors (Lipinski definition) is 7. The number of hydrogen-bond donors (Lipinski definition) is 5. The van der Waals surface area contributed by atoms with Crippen molar-refractivity contribution in [2.75, 3.05) is 0 Å². The van der Waals surface area contributed by atoms with Gasteiger partial charge in [0.1, 0.15) is 22.1 Å². The fourth-order valence-electron chi connectivity index (χ4n) is 2.04. The summed E-state index contributed by atoms with van der Waals surface area (Å²) >= 11 is 0. The summed E-state index contributed by atoms with van der Waals surface area (Å²) in [7, 11) is 0. The molecule has 0 aliphatic rings. The van der Waals surface area contributed by atoms with Gasteiger partial charge in [-0.1, -0.05) is 0 Å². The minimum atomic E-state index is -0.845. The van der Waals surface area contributed by atoms with Crippen LogP contribution in [0, 0.1) is 0 Å². The molecule has 7 heteroatoms. The molecule has 0 amide bonds. The number of benzene rings is 2. The van der Waals surface area contributed by atoms with E-state index in [1.807, 2.05) is 0 Å². The molecule has 7 nitrogen and oxygen atoms in total. The van der Waals surface area contributed by atoms with Crippen molar-refractivity contribution in [1.82, 2.24) is 0 Å². The molecule has 0 atom stereocenters. The van der Waals surface area contributed by atoms with E-state index in [0.717, 1.165) is 12.1 Å². The molecule has 0 saturated heterocycles. The van der Waals surface area contributed by atoms with Crippen molar-refractivity contribution in [2.24, 2.45) is 0 Å². The molecule has 0 aliphatic carbocycles. The number of rotatable bonds is 0. The average Bonchev–Trinajstić information content (AvgIpc) is 2.39. The standard InChI is InChI=1S/C13H8O7/c14-4-1-2-7-9(10(4)17)12(19)8-5(15)3-6(16)11(18)13(8)20-7/h1-3,14-18H. The molecule has 2 aromatic carbocycles. The van der Waals surface area contributed by atoms with Gasteiger partial charge in [-0.25, -0.2) is 0 Å². The SMILES string of the molecule is O=c1c2c(O)c(O)ccc2oc2c(O)c(O)cc(O)c12. The molecule has 0 fully saturated rings. The second-order valence-corrected chi connectivity index (χ2v) is 4.21. The summed E-state index contributed by atoms with van der Waals surface area (Å²) in [5.41, 5.74) is -1.37. The van der Waals surface area contributed by atoms with E-state index in [0.29, 0.717) is 0 Å². The van der Waals surface area contributed by atoms with Crippen molar-refractivity contribution >= 4 is 21.9 Å². The molecule has 3 rings (SSSR count). The van der Waals surface area contributed by atoms with E-state index in [2.05, 4.69) is 0 Å². The zero-order chi connectivity index (χ0) is 14.6. The molecular formula is C13H8O7. The Hall–Kier alpha value is -3.09. The first-order valence-electron chi connectivity index (χ1n) is 5.47. The van der Waals surface area contributed by atoms with Gasteiger partial charge < -0.3 is 29.9 Å². The zero-order valence-electron chi connectivity index (χ0n) is 9.78. The van der Waals surface area contributed by atoms with Crippen molar-refractivity contribution in [2.45, 2.75) is 0 Å². The van der Waals surface area contributed by atoms with Gasteiger partial charge in [0.05, 0.1) is 0 Å². The second-order valence-electron chi connectivity index (χ2n) is 4.21. The summed E-state index contributed by atoms with van der Waals surface area (Å²) in [5.74, 6) is -3.18. The fraction of sp³-hybridized carbons (Fsp3) is 0. The van der Waals surface area contributed by atoms with E-state index < -0.39 is 45.1 Å². The maximum absolute atomic E-state index is 12.3. The highest BCUT2D eigenvalue weighted by Crippen LogP contribution is 2.41. The second kappa shape index (κ2) is 3.70. The number of phenols is 5. The third-order valence-corrected chi connectivity index (χ3v) is 3.00. The summed E-state index contributed by atoms with van der Waals surface area (Å²) in [5, 5.41) is 47.2. The summed E-state index contributed by atoms with van der Waals surface area (Å²) in [6.45, 7) is 0. The molecule has 0 aliphatic heterocycles. The van der Waals surface area contributed by atoms with Crippen LogP contribution in [-0.4, -0.2) is 25.5 Å². The van der Waals surface area contributed by atoms with Crippen molar-refractivity contribution in [3.05, 3.63) is 28.4 Å². The maximum atomic E-state index is 12.3. The normalized spacial score (nSPS) is 11.2. The van der Waals surface area contributed by atoms with Gasteiger partial charge in [0.25, 0.3) is 0 Å². The van der Waals surface area contributed by atoms with Crippen LogP contribution in [0.15, 0.2) is 27.4 Å². The molecule has 0 spiro atoms. The van der Waals surface area contributed by atoms with Crippen LogP contribution in [0.4, 0.5) is 0 Å². The fourth-order valence-corrected chi connectivity index (χ4v) is 2.04. The zero-order valence-corrected chi connectivity index (χ0v) is 9.78. The first kappa shape index (κ1) is 12.0. The molecule has 0 saturated carbocycles. The molecule has 0 bridgehead atoms. The van der Waals surface area contributed by atoms with E-state index in [9.17, 15) is 30.3 Å². The Kier molecular flexibility index (Phi) is 2.22. The molecule has 0 unspecified atom stereocenters. The lowest BCUT2D eigenvalue weighted by molar-refractivity contribution is 0.394. The van der Waals surface area contributed by atoms with Crippen LogP contribution >= 0.6 is 0 Å². The highest BCUT2D eigenvalue weighted by atomic mass is 16.4. The molecule has 1 heterocycles. The maximum Gasteiger partial charge on any atom is 0.208 e.